The molecule has 0 aromatic carbocycles. The molecule has 3 saturated heterocycles. The Morgan fingerprint density at radius 2 is 1.05 bits per heavy atom. The summed E-state index contributed by atoms with van der Waals surface area (Å²) in [4.78, 5) is 23.5. The van der Waals surface area contributed by atoms with Crippen molar-refractivity contribution in [2.24, 2.45) is 0 Å². The van der Waals surface area contributed by atoms with Crippen LogP contribution in [0.25, 0.3) is 0 Å². The molecule has 3 aliphatic heterocycles. The maximum absolute atomic E-state index is 12.0. The van der Waals surface area contributed by atoms with Gasteiger partial charge in [-0.1, -0.05) is 0 Å². The number of carbonyl (C=O) groups excluding carboxylic acids is 2. The quantitative estimate of drug-likeness (QED) is 0.120. The lowest BCUT2D eigenvalue weighted by atomic mass is 9.94. The SMILES string of the molecule is CC(=O)N[C@@H]1[C@@H](O)[C@H](O[C@@H]2O[C@H](CO)[C@H](O[C@@H]3O[C@H](CO)[C@H](O)[C@H](O)[C@H]3O)[C@H](O)[C@H]2NC(C)=O)[C@@H](CO)O[C@H]1O. The third-order valence-corrected chi connectivity index (χ3v) is 6.90. The third-order valence-electron chi connectivity index (χ3n) is 6.90. The van der Waals surface area contributed by atoms with E-state index in [0.29, 0.717) is 0 Å². The summed E-state index contributed by atoms with van der Waals surface area (Å²) in [5.41, 5.74) is 0. The van der Waals surface area contributed by atoms with E-state index in [2.05, 4.69) is 10.6 Å². The fourth-order valence-electron chi connectivity index (χ4n) is 4.87. The van der Waals surface area contributed by atoms with Gasteiger partial charge in [0.2, 0.25) is 11.8 Å². The Morgan fingerprint density at radius 1 is 0.600 bits per heavy atom. The average Bonchev–Trinajstić information content (AvgIpc) is 2.90. The van der Waals surface area contributed by atoms with Crippen LogP contribution in [-0.4, -0.2) is 170 Å². The second kappa shape index (κ2) is 14.0. The number of nitrogens with one attached hydrogen (secondary N) is 2. The largest absolute Gasteiger partial charge is 0.394 e. The van der Waals surface area contributed by atoms with E-state index in [4.69, 9.17) is 23.7 Å². The minimum absolute atomic E-state index is 0.623. The summed E-state index contributed by atoms with van der Waals surface area (Å²) in [6.45, 7) is -0.117. The molecule has 0 bridgehead atoms. The average molecular weight is 587 g/mol. The molecular formula is C22H38N2O16. The number of hydrogen-bond donors (Lipinski definition) is 11. The Kier molecular flexibility index (Phi) is 11.5. The first-order chi connectivity index (χ1) is 18.8. The summed E-state index contributed by atoms with van der Waals surface area (Å²) in [5.74, 6) is -1.30. The van der Waals surface area contributed by atoms with Crippen molar-refractivity contribution < 1.29 is 79.2 Å². The fraction of sp³-hybridized carbons (Fsp3) is 0.909. The highest BCUT2D eigenvalue weighted by Gasteiger charge is 2.54. The van der Waals surface area contributed by atoms with Crippen LogP contribution >= 0.6 is 0 Å². The van der Waals surface area contributed by atoms with Crippen LogP contribution in [0.2, 0.25) is 0 Å². The molecule has 3 heterocycles. The van der Waals surface area contributed by atoms with Gasteiger partial charge in [-0.3, -0.25) is 9.59 Å². The third kappa shape index (κ3) is 7.05. The van der Waals surface area contributed by atoms with E-state index in [1.54, 1.807) is 0 Å². The first-order valence-electron chi connectivity index (χ1n) is 12.6. The molecule has 15 atom stereocenters. The maximum Gasteiger partial charge on any atom is 0.217 e. The summed E-state index contributed by atoms with van der Waals surface area (Å²) in [7, 11) is 0. The van der Waals surface area contributed by atoms with Gasteiger partial charge in [0.15, 0.2) is 18.9 Å². The van der Waals surface area contributed by atoms with Crippen molar-refractivity contribution in [2.75, 3.05) is 19.8 Å². The lowest BCUT2D eigenvalue weighted by Gasteiger charge is -2.49. The Hall–Kier alpha value is -1.62. The fourth-order valence-corrected chi connectivity index (χ4v) is 4.87. The predicted molar refractivity (Wildman–Crippen MR) is 124 cm³/mol. The monoisotopic (exact) mass is 586 g/mol. The van der Waals surface area contributed by atoms with Gasteiger partial charge in [0.25, 0.3) is 0 Å². The first-order valence-corrected chi connectivity index (χ1v) is 12.6. The molecule has 3 rings (SSSR count). The second-order valence-electron chi connectivity index (χ2n) is 9.81. The van der Waals surface area contributed by atoms with Crippen LogP contribution < -0.4 is 10.6 Å². The molecule has 18 nitrogen and oxygen atoms in total. The molecule has 0 radical (unpaired) electrons. The van der Waals surface area contributed by atoms with E-state index in [0.717, 1.165) is 13.8 Å². The Balaban J connectivity index is 1.85. The number of amides is 2. The molecule has 3 fully saturated rings. The minimum atomic E-state index is -1.85. The molecule has 40 heavy (non-hydrogen) atoms. The standard InChI is InChI=1S/C22H38N2O16/c1-6(28)23-11-14(31)18(9(4-26)36-20(11)35)39-21-12(24-7(2)29)15(32)19(10(5-27)38-21)40-22-17(34)16(33)13(30)8(3-25)37-22/h8-22,25-27,30-35H,3-5H2,1-2H3,(H,23,28)(H,24,29)/t8-,9-,10-,11-,12-,13+,14-,15-,16+,17-,18-,19+,20-,21+,22+/m1/s1. The molecule has 2 amide bonds. The number of aliphatic hydroxyl groups is 9. The van der Waals surface area contributed by atoms with E-state index >= 15 is 0 Å². The molecule has 0 saturated carbocycles. The molecule has 3 aliphatic rings. The zero-order chi connectivity index (χ0) is 29.9. The van der Waals surface area contributed by atoms with Gasteiger partial charge in [-0.25, -0.2) is 0 Å². The zero-order valence-electron chi connectivity index (χ0n) is 21.7. The molecule has 0 unspecified atom stereocenters. The minimum Gasteiger partial charge on any atom is -0.394 e. The number of carbonyl (C=O) groups is 2. The van der Waals surface area contributed by atoms with Gasteiger partial charge in [0.1, 0.15) is 73.1 Å². The van der Waals surface area contributed by atoms with Crippen molar-refractivity contribution in [3.63, 3.8) is 0 Å². The highest BCUT2D eigenvalue weighted by atomic mass is 16.7. The summed E-state index contributed by atoms with van der Waals surface area (Å²) in [6.07, 6.45) is -21.1. The van der Waals surface area contributed by atoms with Crippen molar-refractivity contribution in [3.05, 3.63) is 0 Å². The summed E-state index contributed by atoms with van der Waals surface area (Å²) < 4.78 is 27.7. The number of aliphatic hydroxyl groups excluding tert-OH is 9. The highest BCUT2D eigenvalue weighted by molar-refractivity contribution is 5.73. The molecule has 0 aromatic rings. The molecular weight excluding hydrogens is 548 g/mol. The smallest absolute Gasteiger partial charge is 0.217 e. The molecule has 0 aliphatic carbocycles. The van der Waals surface area contributed by atoms with Gasteiger partial charge in [-0.15, -0.1) is 0 Å². The van der Waals surface area contributed by atoms with E-state index in [-0.39, 0.29) is 0 Å². The van der Waals surface area contributed by atoms with Crippen molar-refractivity contribution in [1.82, 2.24) is 10.6 Å². The van der Waals surface area contributed by atoms with Gasteiger partial charge in [0, 0.05) is 13.8 Å². The van der Waals surface area contributed by atoms with E-state index < -0.39 is 124 Å². The lowest BCUT2D eigenvalue weighted by Crippen LogP contribution is -2.70. The molecule has 18 heteroatoms. The van der Waals surface area contributed by atoms with Gasteiger partial charge in [-0.05, 0) is 0 Å². The summed E-state index contributed by atoms with van der Waals surface area (Å²) >= 11 is 0. The van der Waals surface area contributed by atoms with Crippen molar-refractivity contribution >= 4 is 11.8 Å². The Labute approximate surface area is 228 Å². The van der Waals surface area contributed by atoms with Crippen LogP contribution in [0.5, 0.6) is 0 Å². The molecule has 0 spiro atoms. The van der Waals surface area contributed by atoms with Crippen LogP contribution in [0.4, 0.5) is 0 Å². The van der Waals surface area contributed by atoms with Crippen molar-refractivity contribution in [3.8, 4) is 0 Å². The normalized spacial score (nSPS) is 46.0. The van der Waals surface area contributed by atoms with Gasteiger partial charge >= 0.3 is 0 Å². The summed E-state index contributed by atoms with van der Waals surface area (Å²) in [6, 6.07) is -2.87. The summed E-state index contributed by atoms with van der Waals surface area (Å²) in [5, 5.41) is 96.5. The van der Waals surface area contributed by atoms with Gasteiger partial charge in [-0.2, -0.15) is 0 Å². The number of rotatable bonds is 9. The topological polar surface area (TPSA) is 286 Å². The van der Waals surface area contributed by atoms with Crippen molar-refractivity contribution in [1.29, 1.82) is 0 Å². The van der Waals surface area contributed by atoms with Gasteiger partial charge in [0.05, 0.1) is 19.8 Å². The van der Waals surface area contributed by atoms with E-state index in [1.807, 2.05) is 0 Å². The second-order valence-corrected chi connectivity index (χ2v) is 9.81. The highest BCUT2D eigenvalue weighted by Crippen LogP contribution is 2.32. The lowest BCUT2D eigenvalue weighted by molar-refractivity contribution is -0.360. The van der Waals surface area contributed by atoms with Crippen LogP contribution in [0.3, 0.4) is 0 Å². The van der Waals surface area contributed by atoms with Crippen LogP contribution in [-0.2, 0) is 33.3 Å². The van der Waals surface area contributed by atoms with Crippen LogP contribution in [0, 0.1) is 0 Å². The van der Waals surface area contributed by atoms with Crippen LogP contribution in [0.15, 0.2) is 0 Å². The molecule has 232 valence electrons. The predicted octanol–water partition coefficient (Wildman–Crippen LogP) is -7.29. The zero-order valence-corrected chi connectivity index (χ0v) is 21.7. The Morgan fingerprint density at radius 3 is 1.57 bits per heavy atom. The molecule has 0 aromatic heterocycles. The number of ether oxygens (including phenoxy) is 5. The first kappa shape index (κ1) is 32.9. The Bertz CT molecular complexity index is 852. The van der Waals surface area contributed by atoms with E-state index in [1.165, 1.54) is 0 Å². The van der Waals surface area contributed by atoms with Crippen LogP contribution in [0.1, 0.15) is 13.8 Å². The maximum atomic E-state index is 12.0. The molecule has 11 N–H and O–H groups in total. The van der Waals surface area contributed by atoms with Crippen molar-refractivity contribution in [2.45, 2.75) is 106 Å². The van der Waals surface area contributed by atoms with E-state index in [9.17, 15) is 55.5 Å². The number of hydrogen-bond acceptors (Lipinski definition) is 16. The van der Waals surface area contributed by atoms with Gasteiger partial charge < -0.3 is 80.3 Å².